The maximum atomic E-state index is 14.3. The molecule has 0 fully saturated rings. The Morgan fingerprint density at radius 2 is 1.73 bits per heavy atom. The lowest BCUT2D eigenvalue weighted by molar-refractivity contribution is -0.137. The molecule has 0 bridgehead atoms. The number of carbonyl (C=O) groups is 4. The third-order valence-corrected chi connectivity index (χ3v) is 7.94. The summed E-state index contributed by atoms with van der Waals surface area (Å²) in [5.74, 6) is -2.80. The van der Waals surface area contributed by atoms with Crippen LogP contribution in [0, 0.1) is 0 Å². The standard InChI is InChI=1S/C35H32F3N5O5/c1-4-42-33-27(20-40-43(33)26-14-6-5-7-15-26)29(23-11-8-10-22(17-23)19-39-31(45)21(2)16-28(44)48-3)30(34(42)47)41-32(46)24-12-9-13-25(18-24)35(36,37)38/h5-18,20,29-30H,4,19H2,1-3H3,(H,39,45)(H,41,46)/b21-16+/t29-,30+/m1/s1. The molecule has 2 N–H and O–H groups in total. The van der Waals surface area contributed by atoms with E-state index in [9.17, 15) is 32.3 Å². The van der Waals surface area contributed by atoms with E-state index in [1.54, 1.807) is 42.1 Å². The minimum atomic E-state index is -4.66. The SMILES string of the molecule is CCN1C(=O)[C@@H](NC(=O)c2cccc(C(F)(F)F)c2)[C@H](c2cccc(CNC(=O)/C(C)=C/C(=O)OC)c2)c2cnn(-c3ccccc3)c21. The van der Waals surface area contributed by atoms with E-state index in [0.29, 0.717) is 28.2 Å². The first-order chi connectivity index (χ1) is 22.9. The number of nitrogens with zero attached hydrogens (tertiary/aromatic N) is 3. The number of ether oxygens (including phenoxy) is 1. The third kappa shape index (κ3) is 6.99. The third-order valence-electron chi connectivity index (χ3n) is 7.94. The largest absolute Gasteiger partial charge is 0.466 e. The number of nitrogens with one attached hydrogen (secondary N) is 2. The fourth-order valence-corrected chi connectivity index (χ4v) is 5.60. The van der Waals surface area contributed by atoms with Crippen LogP contribution in [0.4, 0.5) is 19.0 Å². The van der Waals surface area contributed by atoms with Gasteiger partial charge in [0.05, 0.1) is 24.6 Å². The zero-order valence-corrected chi connectivity index (χ0v) is 26.2. The van der Waals surface area contributed by atoms with Gasteiger partial charge in [-0.1, -0.05) is 48.5 Å². The highest BCUT2D eigenvalue weighted by atomic mass is 19.4. The lowest BCUT2D eigenvalue weighted by Crippen LogP contribution is -2.55. The molecule has 13 heteroatoms. The summed E-state index contributed by atoms with van der Waals surface area (Å²) in [7, 11) is 1.20. The maximum Gasteiger partial charge on any atom is 0.416 e. The molecular weight excluding hydrogens is 627 g/mol. The zero-order valence-electron chi connectivity index (χ0n) is 26.2. The molecule has 0 spiro atoms. The van der Waals surface area contributed by atoms with Gasteiger partial charge in [-0.15, -0.1) is 0 Å². The van der Waals surface area contributed by atoms with E-state index in [0.717, 1.165) is 24.3 Å². The van der Waals surface area contributed by atoms with Crippen LogP contribution in [-0.2, 0) is 31.8 Å². The van der Waals surface area contributed by atoms with Crippen LogP contribution in [0.5, 0.6) is 0 Å². The molecule has 3 aromatic carbocycles. The van der Waals surface area contributed by atoms with E-state index < -0.39 is 47.4 Å². The van der Waals surface area contributed by atoms with Gasteiger partial charge in [-0.25, -0.2) is 9.48 Å². The summed E-state index contributed by atoms with van der Waals surface area (Å²) in [5.41, 5.74) is 1.44. The van der Waals surface area contributed by atoms with Crippen molar-refractivity contribution in [2.24, 2.45) is 0 Å². The summed E-state index contributed by atoms with van der Waals surface area (Å²) in [6.45, 7) is 3.53. The normalized spacial score (nSPS) is 16.2. The molecule has 0 saturated heterocycles. The van der Waals surface area contributed by atoms with Gasteiger partial charge in [0, 0.05) is 41.8 Å². The lowest BCUT2D eigenvalue weighted by Gasteiger charge is -2.38. The monoisotopic (exact) mass is 659 g/mol. The fourth-order valence-electron chi connectivity index (χ4n) is 5.60. The van der Waals surface area contributed by atoms with Gasteiger partial charge in [-0.3, -0.25) is 19.3 Å². The van der Waals surface area contributed by atoms with Crippen molar-refractivity contribution in [3.63, 3.8) is 0 Å². The van der Waals surface area contributed by atoms with Gasteiger partial charge < -0.3 is 15.4 Å². The molecule has 0 aliphatic carbocycles. The number of carbonyl (C=O) groups excluding carboxylic acids is 4. The number of fused-ring (bicyclic) bond motifs is 1. The van der Waals surface area contributed by atoms with E-state index in [2.05, 4.69) is 20.5 Å². The highest BCUT2D eigenvalue weighted by molar-refractivity contribution is 6.05. The molecule has 0 saturated carbocycles. The van der Waals surface area contributed by atoms with Crippen molar-refractivity contribution in [2.75, 3.05) is 18.6 Å². The second kappa shape index (κ2) is 14.0. The van der Waals surface area contributed by atoms with E-state index in [-0.39, 0.29) is 24.2 Å². The quantitative estimate of drug-likeness (QED) is 0.194. The maximum absolute atomic E-state index is 14.3. The van der Waals surface area contributed by atoms with Crippen molar-refractivity contribution >= 4 is 29.5 Å². The Morgan fingerprint density at radius 1 is 1.00 bits per heavy atom. The van der Waals surface area contributed by atoms with Crippen LogP contribution in [0.3, 0.4) is 0 Å². The number of alkyl halides is 3. The Bertz CT molecular complexity index is 1890. The number of methoxy groups -OCH3 is 1. The van der Waals surface area contributed by atoms with Crippen LogP contribution in [0.1, 0.15) is 52.4 Å². The first-order valence-electron chi connectivity index (χ1n) is 15.0. The lowest BCUT2D eigenvalue weighted by atomic mass is 9.81. The van der Waals surface area contributed by atoms with Gasteiger partial charge in [0.25, 0.3) is 11.8 Å². The molecule has 248 valence electrons. The predicted octanol–water partition coefficient (Wildman–Crippen LogP) is 4.92. The Morgan fingerprint density at radius 3 is 2.42 bits per heavy atom. The summed E-state index contributed by atoms with van der Waals surface area (Å²) < 4.78 is 46.6. The summed E-state index contributed by atoms with van der Waals surface area (Å²) in [4.78, 5) is 53.4. The molecule has 3 amide bonds. The van der Waals surface area contributed by atoms with Crippen LogP contribution < -0.4 is 15.5 Å². The fraction of sp³-hybridized carbons (Fsp3) is 0.229. The molecule has 4 aromatic rings. The molecule has 2 heterocycles. The van der Waals surface area contributed by atoms with Crippen molar-refractivity contribution in [1.82, 2.24) is 20.4 Å². The number of hydrogen-bond donors (Lipinski definition) is 2. The molecule has 0 radical (unpaired) electrons. The van der Waals surface area contributed by atoms with Crippen molar-refractivity contribution in [2.45, 2.75) is 38.5 Å². The Labute approximate surface area is 274 Å². The highest BCUT2D eigenvalue weighted by Crippen LogP contribution is 2.41. The van der Waals surface area contributed by atoms with Crippen LogP contribution in [0.15, 0.2) is 96.7 Å². The minimum absolute atomic E-state index is 0.0676. The smallest absolute Gasteiger partial charge is 0.416 e. The summed E-state index contributed by atoms with van der Waals surface area (Å²) in [6.07, 6.45) is -1.98. The minimum Gasteiger partial charge on any atom is -0.466 e. The van der Waals surface area contributed by atoms with Crippen molar-refractivity contribution in [1.29, 1.82) is 0 Å². The summed E-state index contributed by atoms with van der Waals surface area (Å²) >= 11 is 0. The van der Waals surface area contributed by atoms with Crippen molar-refractivity contribution in [3.05, 3.63) is 125 Å². The number of para-hydroxylation sites is 1. The number of halogens is 3. The molecule has 1 aliphatic heterocycles. The van der Waals surface area contributed by atoms with E-state index >= 15 is 0 Å². The molecule has 1 aliphatic rings. The average Bonchev–Trinajstić information content (AvgIpc) is 3.52. The molecule has 2 atom stereocenters. The number of esters is 1. The summed E-state index contributed by atoms with van der Waals surface area (Å²) in [5, 5.41) is 10.1. The van der Waals surface area contributed by atoms with Crippen LogP contribution >= 0.6 is 0 Å². The first-order valence-corrected chi connectivity index (χ1v) is 15.0. The van der Waals surface area contributed by atoms with Crippen LogP contribution in [0.25, 0.3) is 5.69 Å². The van der Waals surface area contributed by atoms with Crippen LogP contribution in [-0.4, -0.2) is 53.2 Å². The number of rotatable bonds is 9. The number of aromatic nitrogens is 2. The number of anilines is 1. The highest BCUT2D eigenvalue weighted by Gasteiger charge is 2.44. The average molecular weight is 660 g/mol. The van der Waals surface area contributed by atoms with Crippen molar-refractivity contribution < 1.29 is 37.1 Å². The topological polar surface area (TPSA) is 123 Å². The number of hydrogen-bond acceptors (Lipinski definition) is 6. The van der Waals surface area contributed by atoms with E-state index in [4.69, 9.17) is 0 Å². The molecule has 1 aromatic heterocycles. The molecule has 48 heavy (non-hydrogen) atoms. The zero-order chi connectivity index (χ0) is 34.6. The molecule has 0 unspecified atom stereocenters. The van der Waals surface area contributed by atoms with Gasteiger partial charge in [-0.05, 0) is 55.3 Å². The Balaban J connectivity index is 1.55. The van der Waals surface area contributed by atoms with E-state index in [1.807, 2.05) is 30.3 Å². The van der Waals surface area contributed by atoms with Gasteiger partial charge >= 0.3 is 12.1 Å². The first kappa shape index (κ1) is 33.6. The second-order valence-electron chi connectivity index (χ2n) is 11.0. The molecular formula is C35H32F3N5O5. The number of amides is 3. The Hall–Kier alpha value is -5.72. The molecule has 10 nitrogen and oxygen atoms in total. The van der Waals surface area contributed by atoms with Crippen molar-refractivity contribution in [3.8, 4) is 5.69 Å². The predicted molar refractivity (Wildman–Crippen MR) is 170 cm³/mol. The van der Waals surface area contributed by atoms with E-state index in [1.165, 1.54) is 25.0 Å². The Kier molecular flexibility index (Phi) is 9.78. The number of likely N-dealkylation sites (N-methyl/N-ethyl adjacent to an activating group) is 1. The summed E-state index contributed by atoms with van der Waals surface area (Å²) in [6, 6.07) is 19.0. The second-order valence-corrected chi connectivity index (χ2v) is 11.0. The molecule has 5 rings (SSSR count). The van der Waals surface area contributed by atoms with Gasteiger partial charge in [0.1, 0.15) is 11.9 Å². The van der Waals surface area contributed by atoms with Gasteiger partial charge in [-0.2, -0.15) is 18.3 Å². The van der Waals surface area contributed by atoms with Gasteiger partial charge in [0.15, 0.2) is 0 Å². The van der Waals surface area contributed by atoms with Gasteiger partial charge in [0.2, 0.25) is 5.91 Å². The number of benzene rings is 3. The van der Waals surface area contributed by atoms with Crippen LogP contribution in [0.2, 0.25) is 0 Å².